The highest BCUT2D eigenvalue weighted by molar-refractivity contribution is 7.92. The molecule has 4 nitrogen and oxygen atoms in total. The lowest BCUT2D eigenvalue weighted by Crippen LogP contribution is -2.39. The van der Waals surface area contributed by atoms with E-state index >= 15 is 0 Å². The quantitative estimate of drug-likeness (QED) is 0.414. The van der Waals surface area contributed by atoms with E-state index in [9.17, 15) is 12.8 Å². The van der Waals surface area contributed by atoms with Gasteiger partial charge in [-0.2, -0.15) is 0 Å². The zero-order valence-electron chi connectivity index (χ0n) is 15.5. The first-order valence-electron chi connectivity index (χ1n) is 9.10. The van der Waals surface area contributed by atoms with Crippen molar-refractivity contribution >= 4 is 61.1 Å². The molecule has 1 aromatic heterocycles. The highest BCUT2D eigenvalue weighted by Gasteiger charge is 2.33. The van der Waals surface area contributed by atoms with Crippen molar-refractivity contribution in [1.82, 2.24) is 4.98 Å². The fourth-order valence-electron chi connectivity index (χ4n) is 3.43. The van der Waals surface area contributed by atoms with E-state index in [0.29, 0.717) is 36.6 Å². The first kappa shape index (κ1) is 21.8. The van der Waals surface area contributed by atoms with Gasteiger partial charge in [0.2, 0.25) is 0 Å². The second kappa shape index (κ2) is 8.63. The van der Waals surface area contributed by atoms with Gasteiger partial charge in [-0.1, -0.05) is 34.8 Å². The number of piperidine rings is 1. The highest BCUT2D eigenvalue weighted by atomic mass is 35.5. The molecule has 0 aliphatic carbocycles. The third kappa shape index (κ3) is 4.32. The Balaban J connectivity index is 1.48. The van der Waals surface area contributed by atoms with E-state index in [4.69, 9.17) is 34.8 Å². The number of anilines is 1. The molecule has 0 bridgehead atoms. The van der Waals surface area contributed by atoms with Crippen molar-refractivity contribution in [1.29, 1.82) is 0 Å². The molecule has 1 fully saturated rings. The number of aromatic nitrogens is 1. The fraction of sp³-hybridized carbons (Fsp3) is 0.250. The number of hydrogen-bond acceptors (Lipinski definition) is 5. The van der Waals surface area contributed by atoms with Gasteiger partial charge in [-0.05, 0) is 49.2 Å². The van der Waals surface area contributed by atoms with E-state index in [2.05, 4.69) is 9.88 Å². The third-order valence-electron chi connectivity index (χ3n) is 5.06. The van der Waals surface area contributed by atoms with Crippen molar-refractivity contribution in [2.45, 2.75) is 23.0 Å². The topological polar surface area (TPSA) is 50.3 Å². The number of benzene rings is 2. The molecule has 3 aromatic rings. The van der Waals surface area contributed by atoms with Crippen LogP contribution in [-0.4, -0.2) is 31.7 Å². The summed E-state index contributed by atoms with van der Waals surface area (Å²) < 4.78 is 39.5. The number of halogens is 4. The van der Waals surface area contributed by atoms with Crippen LogP contribution in [0.15, 0.2) is 46.7 Å². The smallest absolute Gasteiger partial charge is 0.185 e. The number of sulfone groups is 1. The summed E-state index contributed by atoms with van der Waals surface area (Å²) in [6.45, 7) is 1.11. The first-order chi connectivity index (χ1) is 14.3. The van der Waals surface area contributed by atoms with Crippen molar-refractivity contribution < 1.29 is 12.8 Å². The Hall–Kier alpha value is -1.38. The molecule has 1 aliphatic rings. The summed E-state index contributed by atoms with van der Waals surface area (Å²) in [5.74, 6) is -0.473. The lowest BCUT2D eigenvalue weighted by molar-refractivity contribution is 0.529. The molecule has 1 aliphatic heterocycles. The molecule has 10 heteroatoms. The van der Waals surface area contributed by atoms with Crippen LogP contribution >= 0.6 is 46.1 Å². The number of nitrogens with zero attached hydrogens (tertiary/aromatic N) is 2. The van der Waals surface area contributed by atoms with Crippen LogP contribution in [0.4, 0.5) is 9.52 Å². The Morgan fingerprint density at radius 3 is 2.47 bits per heavy atom. The SMILES string of the molecule is O=S(=O)(c1cc(Cl)ccc1Cl)C1CCN(c2nc(-c3ccc(F)c(Cl)c3)cs2)CC1. The molecule has 2 aromatic carbocycles. The maximum atomic E-state index is 13.4. The molecule has 0 saturated carbocycles. The van der Waals surface area contributed by atoms with Crippen LogP contribution in [0.1, 0.15) is 12.8 Å². The minimum atomic E-state index is -3.58. The summed E-state index contributed by atoms with van der Waals surface area (Å²) in [7, 11) is -3.58. The summed E-state index contributed by atoms with van der Waals surface area (Å²) in [6, 6.07) is 8.97. The van der Waals surface area contributed by atoms with Crippen molar-refractivity contribution in [2.24, 2.45) is 0 Å². The summed E-state index contributed by atoms with van der Waals surface area (Å²) in [5, 5.41) is 2.72. The normalized spacial score (nSPS) is 15.5. The van der Waals surface area contributed by atoms with E-state index in [0.717, 1.165) is 10.7 Å². The molecule has 1 saturated heterocycles. The van der Waals surface area contributed by atoms with E-state index < -0.39 is 20.9 Å². The van der Waals surface area contributed by atoms with Crippen LogP contribution in [0.3, 0.4) is 0 Å². The molecule has 4 rings (SSSR count). The average Bonchev–Trinajstić information content (AvgIpc) is 3.22. The van der Waals surface area contributed by atoms with Crippen molar-refractivity contribution in [3.05, 3.63) is 62.7 Å². The summed E-state index contributed by atoms with van der Waals surface area (Å²) >= 11 is 19.4. The number of rotatable bonds is 4. The lowest BCUT2D eigenvalue weighted by atomic mass is 10.1. The lowest BCUT2D eigenvalue weighted by Gasteiger charge is -2.31. The van der Waals surface area contributed by atoms with Gasteiger partial charge in [0.05, 0.1) is 25.9 Å². The Kier molecular flexibility index (Phi) is 6.28. The summed E-state index contributed by atoms with van der Waals surface area (Å²) in [6.07, 6.45) is 0.922. The van der Waals surface area contributed by atoms with E-state index in [1.807, 2.05) is 5.38 Å². The maximum Gasteiger partial charge on any atom is 0.185 e. The molecule has 0 atom stereocenters. The van der Waals surface area contributed by atoms with E-state index in [-0.39, 0.29) is 14.9 Å². The monoisotopic (exact) mass is 504 g/mol. The minimum Gasteiger partial charge on any atom is -0.348 e. The largest absolute Gasteiger partial charge is 0.348 e. The van der Waals surface area contributed by atoms with Gasteiger partial charge in [0.1, 0.15) is 5.82 Å². The van der Waals surface area contributed by atoms with Crippen LogP contribution in [0.25, 0.3) is 11.3 Å². The van der Waals surface area contributed by atoms with Gasteiger partial charge in [-0.25, -0.2) is 17.8 Å². The van der Waals surface area contributed by atoms with Crippen LogP contribution in [-0.2, 0) is 9.84 Å². The van der Waals surface area contributed by atoms with Crippen LogP contribution in [0, 0.1) is 5.82 Å². The molecule has 0 amide bonds. The minimum absolute atomic E-state index is 0.0488. The molecule has 0 radical (unpaired) electrons. The molecule has 0 spiro atoms. The molecular weight excluding hydrogens is 490 g/mol. The Morgan fingerprint density at radius 1 is 1.03 bits per heavy atom. The van der Waals surface area contributed by atoms with Crippen LogP contribution in [0.2, 0.25) is 15.1 Å². The Morgan fingerprint density at radius 2 is 1.77 bits per heavy atom. The van der Waals surface area contributed by atoms with Gasteiger partial charge in [0.25, 0.3) is 0 Å². The molecule has 2 heterocycles. The van der Waals surface area contributed by atoms with Crippen LogP contribution < -0.4 is 4.90 Å². The number of thiazole rings is 1. The second-order valence-corrected chi connectivity index (χ2v) is 11.2. The fourth-order valence-corrected chi connectivity index (χ4v) is 7.00. The zero-order valence-corrected chi connectivity index (χ0v) is 19.4. The van der Waals surface area contributed by atoms with Gasteiger partial charge in [-0.15, -0.1) is 11.3 Å². The van der Waals surface area contributed by atoms with E-state index in [1.165, 1.54) is 29.5 Å². The van der Waals surface area contributed by atoms with Gasteiger partial charge >= 0.3 is 0 Å². The summed E-state index contributed by atoms with van der Waals surface area (Å²) in [5.41, 5.74) is 1.44. The number of hydrogen-bond donors (Lipinski definition) is 0. The van der Waals surface area contributed by atoms with Gasteiger partial charge in [0.15, 0.2) is 15.0 Å². The van der Waals surface area contributed by atoms with Crippen molar-refractivity contribution in [3.8, 4) is 11.3 Å². The second-order valence-electron chi connectivity index (χ2n) is 6.95. The Labute approximate surface area is 193 Å². The van der Waals surface area contributed by atoms with E-state index in [1.54, 1.807) is 18.2 Å². The molecule has 30 heavy (non-hydrogen) atoms. The molecular formula is C20H16Cl3FN2O2S2. The predicted molar refractivity (Wildman–Crippen MR) is 121 cm³/mol. The highest BCUT2D eigenvalue weighted by Crippen LogP contribution is 2.34. The summed E-state index contributed by atoms with van der Waals surface area (Å²) in [4.78, 5) is 6.76. The molecule has 158 valence electrons. The maximum absolute atomic E-state index is 13.4. The van der Waals surface area contributed by atoms with Gasteiger partial charge < -0.3 is 4.90 Å². The Bertz CT molecular complexity index is 1190. The van der Waals surface area contributed by atoms with Crippen molar-refractivity contribution in [2.75, 3.05) is 18.0 Å². The van der Waals surface area contributed by atoms with Gasteiger partial charge in [-0.3, -0.25) is 0 Å². The molecule has 0 N–H and O–H groups in total. The first-order valence-corrected chi connectivity index (χ1v) is 12.7. The zero-order chi connectivity index (χ0) is 21.5. The predicted octanol–water partition coefficient (Wildman–Crippen LogP) is 6.35. The van der Waals surface area contributed by atoms with Crippen molar-refractivity contribution in [3.63, 3.8) is 0 Å². The molecule has 0 unspecified atom stereocenters. The third-order valence-corrected chi connectivity index (χ3v) is 9.23. The van der Waals surface area contributed by atoms with Crippen LogP contribution in [0.5, 0.6) is 0 Å². The van der Waals surface area contributed by atoms with Gasteiger partial charge in [0, 0.05) is 29.1 Å². The standard InChI is InChI=1S/C20H16Cl3FN2O2S2/c21-13-2-3-15(22)19(10-13)30(27,28)14-5-7-26(8-6-14)20-25-18(11-29-20)12-1-4-17(24)16(23)9-12/h1-4,9-11,14H,5-8H2. The average molecular weight is 506 g/mol.